The van der Waals surface area contributed by atoms with Crippen molar-refractivity contribution in [1.82, 2.24) is 15.1 Å². The van der Waals surface area contributed by atoms with Gasteiger partial charge in [-0.15, -0.1) is 0 Å². The Balaban J connectivity index is 1.19. The van der Waals surface area contributed by atoms with Crippen LogP contribution in [0.5, 0.6) is 11.5 Å². The molecule has 2 aromatic carbocycles. The number of nitrogens with zero attached hydrogens (tertiary/aromatic N) is 2. The fourth-order valence-electron chi connectivity index (χ4n) is 3.80. The van der Waals surface area contributed by atoms with E-state index in [1.165, 1.54) is 24.3 Å². The zero-order valence-corrected chi connectivity index (χ0v) is 18.0. The molecule has 0 aliphatic carbocycles. The van der Waals surface area contributed by atoms with E-state index in [4.69, 9.17) is 9.47 Å². The van der Waals surface area contributed by atoms with Gasteiger partial charge >= 0.3 is 0 Å². The van der Waals surface area contributed by atoms with Crippen LogP contribution >= 0.6 is 0 Å². The first-order chi connectivity index (χ1) is 15.5. The Hall–Kier alpha value is -3.17. The highest BCUT2D eigenvalue weighted by atomic mass is 19.1. The van der Waals surface area contributed by atoms with E-state index < -0.39 is 0 Å². The summed E-state index contributed by atoms with van der Waals surface area (Å²) in [5.74, 6) is 0.903. The average molecular weight is 442 g/mol. The van der Waals surface area contributed by atoms with Gasteiger partial charge in [0, 0.05) is 38.4 Å². The topological polar surface area (TPSA) is 83.1 Å². The lowest BCUT2D eigenvalue weighted by molar-refractivity contribution is -0.127. The maximum Gasteiger partial charge on any atom is 0.238 e. The normalized spacial score (nSPS) is 17.1. The number of hydrogen-bond acceptors (Lipinski definition) is 6. The van der Waals surface area contributed by atoms with Crippen LogP contribution in [-0.2, 0) is 16.1 Å². The molecule has 2 aliphatic heterocycles. The fourth-order valence-corrected chi connectivity index (χ4v) is 3.80. The lowest BCUT2D eigenvalue weighted by Gasteiger charge is -2.37. The molecule has 1 saturated heterocycles. The van der Waals surface area contributed by atoms with E-state index in [0.717, 1.165) is 11.3 Å². The molecule has 1 fully saturated rings. The minimum atomic E-state index is -0.340. The van der Waals surface area contributed by atoms with Gasteiger partial charge in [-0.05, 0) is 48.9 Å². The number of nitrogens with one attached hydrogen (secondary N) is 2. The smallest absolute Gasteiger partial charge is 0.238 e. The second kappa shape index (κ2) is 9.97. The van der Waals surface area contributed by atoms with Crippen LogP contribution in [0.4, 0.5) is 10.1 Å². The molecule has 8 nitrogen and oxygen atoms in total. The summed E-state index contributed by atoms with van der Waals surface area (Å²) >= 11 is 0. The van der Waals surface area contributed by atoms with E-state index in [-0.39, 0.29) is 37.0 Å². The van der Waals surface area contributed by atoms with E-state index in [1.807, 2.05) is 30.0 Å². The van der Waals surface area contributed by atoms with Crippen LogP contribution in [0, 0.1) is 5.82 Å². The number of carbonyl (C=O) groups is 2. The maximum atomic E-state index is 13.0. The van der Waals surface area contributed by atoms with Crippen molar-refractivity contribution >= 4 is 17.5 Å². The second-order valence-corrected chi connectivity index (χ2v) is 7.95. The molecule has 32 heavy (non-hydrogen) atoms. The van der Waals surface area contributed by atoms with Crippen molar-refractivity contribution < 1.29 is 23.5 Å². The minimum Gasteiger partial charge on any atom is -0.454 e. The molecule has 0 unspecified atom stereocenters. The van der Waals surface area contributed by atoms with Crippen molar-refractivity contribution in [3.8, 4) is 11.5 Å². The summed E-state index contributed by atoms with van der Waals surface area (Å²) in [4.78, 5) is 29.0. The third kappa shape index (κ3) is 5.54. The zero-order chi connectivity index (χ0) is 22.5. The third-order valence-electron chi connectivity index (χ3n) is 5.73. The number of amides is 2. The zero-order valence-electron chi connectivity index (χ0n) is 18.0. The molecule has 4 rings (SSSR count). The molecular weight excluding hydrogens is 415 g/mol. The summed E-state index contributed by atoms with van der Waals surface area (Å²) < 4.78 is 23.7. The monoisotopic (exact) mass is 442 g/mol. The second-order valence-electron chi connectivity index (χ2n) is 7.95. The molecule has 2 aromatic rings. The molecule has 0 saturated carbocycles. The van der Waals surface area contributed by atoms with Gasteiger partial charge in [-0.25, -0.2) is 4.39 Å². The van der Waals surface area contributed by atoms with Crippen molar-refractivity contribution in [3.63, 3.8) is 0 Å². The molecule has 0 bridgehead atoms. The molecular formula is C23H27FN4O4. The van der Waals surface area contributed by atoms with Gasteiger partial charge in [-0.2, -0.15) is 0 Å². The van der Waals surface area contributed by atoms with Gasteiger partial charge < -0.3 is 20.1 Å². The van der Waals surface area contributed by atoms with Crippen LogP contribution < -0.4 is 20.1 Å². The molecule has 0 aromatic heterocycles. The Kier molecular flexibility index (Phi) is 6.87. The number of benzene rings is 2. The van der Waals surface area contributed by atoms with Crippen LogP contribution in [0.1, 0.15) is 12.5 Å². The molecule has 2 aliphatic rings. The van der Waals surface area contributed by atoms with Crippen molar-refractivity contribution in [2.75, 3.05) is 44.8 Å². The van der Waals surface area contributed by atoms with E-state index in [0.29, 0.717) is 44.2 Å². The van der Waals surface area contributed by atoms with E-state index >= 15 is 0 Å². The van der Waals surface area contributed by atoms with Gasteiger partial charge in [0.05, 0.1) is 12.6 Å². The predicted molar refractivity (Wildman–Crippen MR) is 117 cm³/mol. The molecule has 2 N–H and O–H groups in total. The van der Waals surface area contributed by atoms with Crippen molar-refractivity contribution in [3.05, 3.63) is 53.8 Å². The van der Waals surface area contributed by atoms with Crippen LogP contribution in [0.15, 0.2) is 42.5 Å². The minimum absolute atomic E-state index is 0.0369. The average Bonchev–Trinajstić information content (AvgIpc) is 3.27. The summed E-state index contributed by atoms with van der Waals surface area (Å²) in [7, 11) is 0. The van der Waals surface area contributed by atoms with Crippen LogP contribution in [0.3, 0.4) is 0 Å². The van der Waals surface area contributed by atoms with Crippen molar-refractivity contribution in [1.29, 1.82) is 0 Å². The lowest BCUT2D eigenvalue weighted by atomic mass is 10.1. The van der Waals surface area contributed by atoms with Gasteiger partial charge in [0.2, 0.25) is 18.6 Å². The Morgan fingerprint density at radius 1 is 1.03 bits per heavy atom. The largest absolute Gasteiger partial charge is 0.454 e. The number of fused-ring (bicyclic) bond motifs is 1. The van der Waals surface area contributed by atoms with Gasteiger partial charge in [-0.3, -0.25) is 19.4 Å². The van der Waals surface area contributed by atoms with Gasteiger partial charge in [0.1, 0.15) is 5.82 Å². The van der Waals surface area contributed by atoms with Crippen LogP contribution in [0.25, 0.3) is 0 Å². The maximum absolute atomic E-state index is 13.0. The van der Waals surface area contributed by atoms with E-state index in [1.54, 1.807) is 0 Å². The SMILES string of the molecule is C[C@@H](C(=O)NCc1ccc2c(c1)OCO2)N1CCN(CC(=O)Nc2ccc(F)cc2)CC1. The Morgan fingerprint density at radius 2 is 1.75 bits per heavy atom. The first-order valence-corrected chi connectivity index (χ1v) is 10.7. The first kappa shape index (κ1) is 22.0. The van der Waals surface area contributed by atoms with Gasteiger partial charge in [-0.1, -0.05) is 6.07 Å². The molecule has 1 atom stereocenters. The van der Waals surface area contributed by atoms with Gasteiger partial charge in [0.15, 0.2) is 11.5 Å². The summed E-state index contributed by atoms with van der Waals surface area (Å²) in [5.41, 5.74) is 1.52. The molecule has 0 spiro atoms. The highest BCUT2D eigenvalue weighted by molar-refractivity contribution is 5.92. The van der Waals surface area contributed by atoms with E-state index in [2.05, 4.69) is 15.5 Å². The summed E-state index contributed by atoms with van der Waals surface area (Å²) in [6.45, 7) is 5.57. The number of ether oxygens (including phenoxy) is 2. The lowest BCUT2D eigenvalue weighted by Crippen LogP contribution is -2.54. The number of piperazine rings is 1. The van der Waals surface area contributed by atoms with Crippen molar-refractivity contribution in [2.45, 2.75) is 19.5 Å². The Labute approximate surface area is 186 Å². The number of halogens is 1. The summed E-state index contributed by atoms with van der Waals surface area (Å²) in [6, 6.07) is 11.1. The predicted octanol–water partition coefficient (Wildman–Crippen LogP) is 1.82. The fraction of sp³-hybridized carbons (Fsp3) is 0.391. The highest BCUT2D eigenvalue weighted by Crippen LogP contribution is 2.32. The number of carbonyl (C=O) groups excluding carboxylic acids is 2. The summed E-state index contributed by atoms with van der Waals surface area (Å²) in [6.07, 6.45) is 0. The molecule has 2 amide bonds. The molecule has 170 valence electrons. The molecule has 0 radical (unpaired) electrons. The highest BCUT2D eigenvalue weighted by Gasteiger charge is 2.26. The number of anilines is 1. The van der Waals surface area contributed by atoms with E-state index in [9.17, 15) is 14.0 Å². The molecule has 2 heterocycles. The first-order valence-electron chi connectivity index (χ1n) is 10.7. The van der Waals surface area contributed by atoms with Gasteiger partial charge in [0.25, 0.3) is 0 Å². The molecule has 9 heteroatoms. The number of hydrogen-bond donors (Lipinski definition) is 2. The Morgan fingerprint density at radius 3 is 2.50 bits per heavy atom. The van der Waals surface area contributed by atoms with Crippen molar-refractivity contribution in [2.24, 2.45) is 0 Å². The summed E-state index contributed by atoms with van der Waals surface area (Å²) in [5, 5.41) is 5.76. The quantitative estimate of drug-likeness (QED) is 0.681. The standard InChI is InChI=1S/C23H27FN4O4/c1-16(23(30)25-13-17-2-7-20-21(12-17)32-15-31-20)28-10-8-27(9-11-28)14-22(29)26-19-5-3-18(24)4-6-19/h2-7,12,16H,8-11,13-15H2,1H3,(H,25,30)(H,26,29)/t16-/m0/s1. The van der Waals surface area contributed by atoms with Crippen LogP contribution in [-0.4, -0.2) is 67.2 Å². The number of rotatable bonds is 7. The third-order valence-corrected chi connectivity index (χ3v) is 5.73. The van der Waals surface area contributed by atoms with Crippen LogP contribution in [0.2, 0.25) is 0 Å². The Bertz CT molecular complexity index is 961.